The molecule has 2 aromatic heterocycles. The number of carbonyl (C=O) groups is 1. The summed E-state index contributed by atoms with van der Waals surface area (Å²) >= 11 is 1.45. The van der Waals surface area contributed by atoms with Crippen LogP contribution in [0.1, 0.15) is 34.4 Å². The SMILES string of the molecule is COc1ccncc1NC(=O)c1csc(C2CCCO2)n1. The van der Waals surface area contributed by atoms with Crippen molar-refractivity contribution in [2.75, 3.05) is 19.0 Å². The van der Waals surface area contributed by atoms with Gasteiger partial charge in [0.2, 0.25) is 0 Å². The third-order valence-corrected chi connectivity index (χ3v) is 4.15. The van der Waals surface area contributed by atoms with Crippen molar-refractivity contribution < 1.29 is 14.3 Å². The average molecular weight is 305 g/mol. The molecule has 0 saturated carbocycles. The second kappa shape index (κ2) is 6.19. The summed E-state index contributed by atoms with van der Waals surface area (Å²) in [6, 6.07) is 1.69. The van der Waals surface area contributed by atoms with E-state index >= 15 is 0 Å². The molecule has 1 amide bonds. The molecule has 2 aromatic rings. The highest BCUT2D eigenvalue weighted by atomic mass is 32.1. The number of aromatic nitrogens is 2. The van der Waals surface area contributed by atoms with Gasteiger partial charge < -0.3 is 14.8 Å². The maximum absolute atomic E-state index is 12.2. The summed E-state index contributed by atoms with van der Waals surface area (Å²) in [5.41, 5.74) is 0.910. The summed E-state index contributed by atoms with van der Waals surface area (Å²) < 4.78 is 10.7. The number of pyridine rings is 1. The molecule has 0 aromatic carbocycles. The van der Waals surface area contributed by atoms with Crippen LogP contribution in [0, 0.1) is 0 Å². The third-order valence-electron chi connectivity index (χ3n) is 3.21. The van der Waals surface area contributed by atoms with Crippen LogP contribution >= 0.6 is 11.3 Å². The van der Waals surface area contributed by atoms with E-state index in [0.717, 1.165) is 24.5 Å². The molecular weight excluding hydrogens is 290 g/mol. The standard InChI is InChI=1S/C14H15N3O3S/c1-19-11-4-5-15-7-9(11)16-13(18)10-8-21-14(17-10)12-3-2-6-20-12/h4-5,7-8,12H,2-3,6H2,1H3,(H,16,18). The van der Waals surface area contributed by atoms with Gasteiger partial charge in [0.05, 0.1) is 13.3 Å². The number of nitrogens with zero attached hydrogens (tertiary/aromatic N) is 2. The summed E-state index contributed by atoms with van der Waals surface area (Å²) in [5, 5.41) is 5.36. The Bertz CT molecular complexity index is 638. The van der Waals surface area contributed by atoms with Gasteiger partial charge in [0.1, 0.15) is 28.2 Å². The highest BCUT2D eigenvalue weighted by Crippen LogP contribution is 2.31. The van der Waals surface area contributed by atoms with E-state index in [4.69, 9.17) is 9.47 Å². The van der Waals surface area contributed by atoms with Crippen LogP contribution in [0.4, 0.5) is 5.69 Å². The summed E-state index contributed by atoms with van der Waals surface area (Å²) in [6.07, 6.45) is 5.19. The van der Waals surface area contributed by atoms with Crippen LogP contribution in [0.5, 0.6) is 5.75 Å². The van der Waals surface area contributed by atoms with E-state index in [0.29, 0.717) is 17.1 Å². The van der Waals surface area contributed by atoms with Gasteiger partial charge in [-0.2, -0.15) is 0 Å². The lowest BCUT2D eigenvalue weighted by Crippen LogP contribution is -2.13. The van der Waals surface area contributed by atoms with Gasteiger partial charge in [-0.05, 0) is 12.8 Å². The number of nitrogens with one attached hydrogen (secondary N) is 1. The number of thiazole rings is 1. The predicted molar refractivity (Wildman–Crippen MR) is 78.8 cm³/mol. The zero-order valence-electron chi connectivity index (χ0n) is 11.5. The van der Waals surface area contributed by atoms with E-state index in [2.05, 4.69) is 15.3 Å². The fraction of sp³-hybridized carbons (Fsp3) is 0.357. The number of carbonyl (C=O) groups excluding carboxylic acids is 1. The molecule has 3 rings (SSSR count). The first-order valence-electron chi connectivity index (χ1n) is 6.64. The summed E-state index contributed by atoms with van der Waals surface area (Å²) in [5.74, 6) is 0.287. The Morgan fingerprint density at radius 2 is 2.48 bits per heavy atom. The number of hydrogen-bond donors (Lipinski definition) is 1. The third kappa shape index (κ3) is 3.03. The highest BCUT2D eigenvalue weighted by molar-refractivity contribution is 7.09. The topological polar surface area (TPSA) is 73.3 Å². The molecule has 21 heavy (non-hydrogen) atoms. The minimum absolute atomic E-state index is 0.0319. The molecule has 1 atom stereocenters. The van der Waals surface area contributed by atoms with Crippen molar-refractivity contribution in [3.05, 3.63) is 34.5 Å². The maximum Gasteiger partial charge on any atom is 0.275 e. The van der Waals surface area contributed by atoms with Crippen molar-refractivity contribution in [1.82, 2.24) is 9.97 Å². The Morgan fingerprint density at radius 3 is 3.24 bits per heavy atom. The van der Waals surface area contributed by atoms with E-state index in [9.17, 15) is 4.79 Å². The predicted octanol–water partition coefficient (Wildman–Crippen LogP) is 2.65. The van der Waals surface area contributed by atoms with Gasteiger partial charge in [-0.15, -0.1) is 11.3 Å². The van der Waals surface area contributed by atoms with Crippen molar-refractivity contribution in [3.8, 4) is 5.75 Å². The van der Waals surface area contributed by atoms with E-state index < -0.39 is 0 Å². The summed E-state index contributed by atoms with van der Waals surface area (Å²) in [4.78, 5) is 20.6. The molecule has 1 aliphatic rings. The van der Waals surface area contributed by atoms with Crippen LogP contribution in [0.15, 0.2) is 23.8 Å². The first-order chi connectivity index (χ1) is 10.3. The number of ether oxygens (including phenoxy) is 2. The largest absolute Gasteiger partial charge is 0.494 e. The van der Waals surface area contributed by atoms with Gasteiger partial charge in [0, 0.05) is 24.3 Å². The van der Waals surface area contributed by atoms with Gasteiger partial charge in [0.25, 0.3) is 5.91 Å². The van der Waals surface area contributed by atoms with Crippen LogP contribution in [-0.2, 0) is 4.74 Å². The number of methoxy groups -OCH3 is 1. The van der Waals surface area contributed by atoms with Gasteiger partial charge in [-0.1, -0.05) is 0 Å². The molecule has 3 heterocycles. The molecule has 6 nitrogen and oxygen atoms in total. The molecule has 0 radical (unpaired) electrons. The van der Waals surface area contributed by atoms with Gasteiger partial charge in [0.15, 0.2) is 0 Å². The van der Waals surface area contributed by atoms with Crippen LogP contribution in [0.3, 0.4) is 0 Å². The van der Waals surface area contributed by atoms with E-state index in [1.54, 1.807) is 30.9 Å². The lowest BCUT2D eigenvalue weighted by molar-refractivity contribution is 0.101. The summed E-state index contributed by atoms with van der Waals surface area (Å²) in [6.45, 7) is 0.763. The maximum atomic E-state index is 12.2. The number of anilines is 1. The minimum atomic E-state index is -0.276. The van der Waals surface area contributed by atoms with Gasteiger partial charge in [-0.3, -0.25) is 9.78 Å². The molecule has 0 aliphatic carbocycles. The zero-order valence-corrected chi connectivity index (χ0v) is 12.4. The first kappa shape index (κ1) is 14.0. The van der Waals surface area contributed by atoms with Crippen molar-refractivity contribution in [2.24, 2.45) is 0 Å². The molecule has 1 saturated heterocycles. The normalized spacial score (nSPS) is 17.7. The van der Waals surface area contributed by atoms with Gasteiger partial charge in [-0.25, -0.2) is 4.98 Å². The minimum Gasteiger partial charge on any atom is -0.494 e. The Morgan fingerprint density at radius 1 is 1.57 bits per heavy atom. The quantitative estimate of drug-likeness (QED) is 0.940. The molecular formula is C14H15N3O3S. The van der Waals surface area contributed by atoms with Gasteiger partial charge >= 0.3 is 0 Å². The van der Waals surface area contributed by atoms with Crippen molar-refractivity contribution in [2.45, 2.75) is 18.9 Å². The van der Waals surface area contributed by atoms with Crippen LogP contribution in [0.25, 0.3) is 0 Å². The molecule has 1 unspecified atom stereocenters. The molecule has 0 spiro atoms. The molecule has 1 aliphatic heterocycles. The van der Waals surface area contributed by atoms with Crippen molar-refractivity contribution in [1.29, 1.82) is 0 Å². The Hall–Kier alpha value is -1.99. The van der Waals surface area contributed by atoms with Crippen molar-refractivity contribution >= 4 is 22.9 Å². The molecule has 7 heteroatoms. The molecule has 1 N–H and O–H groups in total. The van der Waals surface area contributed by atoms with E-state index in [1.807, 2.05) is 0 Å². The Labute approximate surface area is 126 Å². The van der Waals surface area contributed by atoms with Crippen molar-refractivity contribution in [3.63, 3.8) is 0 Å². The van der Waals surface area contributed by atoms with E-state index in [1.165, 1.54) is 11.3 Å². The lowest BCUT2D eigenvalue weighted by Gasteiger charge is -2.08. The van der Waals surface area contributed by atoms with Crippen LogP contribution in [0.2, 0.25) is 0 Å². The summed E-state index contributed by atoms with van der Waals surface area (Å²) in [7, 11) is 1.55. The first-order valence-corrected chi connectivity index (χ1v) is 7.52. The highest BCUT2D eigenvalue weighted by Gasteiger charge is 2.22. The fourth-order valence-corrected chi connectivity index (χ4v) is 3.03. The second-order valence-electron chi connectivity index (χ2n) is 4.60. The molecule has 0 bridgehead atoms. The molecule has 110 valence electrons. The number of hydrogen-bond acceptors (Lipinski definition) is 6. The van der Waals surface area contributed by atoms with E-state index in [-0.39, 0.29) is 12.0 Å². The Kier molecular flexibility index (Phi) is 4.12. The fourth-order valence-electron chi connectivity index (χ4n) is 2.15. The van der Waals surface area contributed by atoms with Crippen LogP contribution in [-0.4, -0.2) is 29.6 Å². The van der Waals surface area contributed by atoms with Crippen LogP contribution < -0.4 is 10.1 Å². The lowest BCUT2D eigenvalue weighted by atomic mass is 10.2. The monoisotopic (exact) mass is 305 g/mol. The number of amides is 1. The molecule has 1 fully saturated rings. The smallest absolute Gasteiger partial charge is 0.275 e. The Balaban J connectivity index is 1.73. The zero-order chi connectivity index (χ0) is 14.7. The number of rotatable bonds is 4. The average Bonchev–Trinajstić information content (AvgIpc) is 3.18. The second-order valence-corrected chi connectivity index (χ2v) is 5.49.